The van der Waals surface area contributed by atoms with Crippen molar-refractivity contribution >= 4 is 5.97 Å². The van der Waals surface area contributed by atoms with Crippen LogP contribution in [0.5, 0.6) is 0 Å². The summed E-state index contributed by atoms with van der Waals surface area (Å²) in [5.41, 5.74) is 1.70. The molecule has 0 amide bonds. The fraction of sp³-hybridized carbons (Fsp3) is 0.640. The second-order valence-electron chi connectivity index (χ2n) is 7.96. The molecule has 0 aliphatic heterocycles. The third-order valence-electron chi connectivity index (χ3n) is 5.64. The van der Waals surface area contributed by atoms with Gasteiger partial charge in [-0.2, -0.15) is 0 Å². The van der Waals surface area contributed by atoms with Crippen molar-refractivity contribution in [2.75, 3.05) is 20.3 Å². The number of hydrogen-bond donors (Lipinski definition) is 0. The van der Waals surface area contributed by atoms with Crippen LogP contribution >= 0.6 is 0 Å². The second kappa shape index (κ2) is 15.1. The van der Waals surface area contributed by atoms with E-state index in [-0.39, 0.29) is 6.61 Å². The number of carbonyl (C=O) groups excluding carboxylic acids is 1. The molecule has 29 heavy (non-hydrogen) atoms. The number of hydrogen-bond acceptors (Lipinski definition) is 4. The lowest BCUT2D eigenvalue weighted by Gasteiger charge is -2.23. The van der Waals surface area contributed by atoms with Crippen LogP contribution in [-0.4, -0.2) is 32.4 Å². The molecule has 0 spiro atoms. The Morgan fingerprint density at radius 3 is 2.10 bits per heavy atom. The maximum absolute atomic E-state index is 11.4. The van der Waals surface area contributed by atoms with Crippen molar-refractivity contribution in [3.05, 3.63) is 48.8 Å². The summed E-state index contributed by atoms with van der Waals surface area (Å²) < 4.78 is 16.0. The van der Waals surface area contributed by atoms with E-state index in [1.54, 1.807) is 7.11 Å². The van der Waals surface area contributed by atoms with E-state index < -0.39 is 5.97 Å². The number of methoxy groups -OCH3 is 1. The normalized spacial score (nSPS) is 15.7. The molecule has 0 aromatic carbocycles. The molecule has 0 aliphatic rings. The van der Waals surface area contributed by atoms with Gasteiger partial charge in [-0.15, -0.1) is 0 Å². The summed E-state index contributed by atoms with van der Waals surface area (Å²) in [4.78, 5) is 11.4. The van der Waals surface area contributed by atoms with Crippen LogP contribution in [0, 0.1) is 17.8 Å². The first-order valence-corrected chi connectivity index (χ1v) is 10.7. The zero-order chi connectivity index (χ0) is 22.4. The first kappa shape index (κ1) is 27.2. The molecule has 0 heterocycles. The molecule has 0 saturated carbocycles. The first-order valence-electron chi connectivity index (χ1n) is 10.7. The third-order valence-corrected chi connectivity index (χ3v) is 5.64. The average Bonchev–Trinajstić information content (AvgIpc) is 2.71. The van der Waals surface area contributed by atoms with Gasteiger partial charge < -0.3 is 14.2 Å². The van der Waals surface area contributed by atoms with E-state index in [2.05, 4.69) is 47.4 Å². The van der Waals surface area contributed by atoms with Gasteiger partial charge >= 0.3 is 5.97 Å². The summed E-state index contributed by atoms with van der Waals surface area (Å²) in [7, 11) is 1.55. The topological polar surface area (TPSA) is 44.8 Å². The summed E-state index contributed by atoms with van der Waals surface area (Å²) >= 11 is 0. The Morgan fingerprint density at radius 2 is 1.59 bits per heavy atom. The van der Waals surface area contributed by atoms with Crippen LogP contribution in [0.3, 0.4) is 0 Å². The highest BCUT2D eigenvalue weighted by Crippen LogP contribution is 2.27. The summed E-state index contributed by atoms with van der Waals surface area (Å²) in [6.45, 7) is 23.4. The smallest absolute Gasteiger partial charge is 0.330 e. The SMILES string of the molecule is C=CC(=O)OC/C(=C/C(=C)C(C)CCC(C)C(C)CCC(C)OCC)C(=C)OC. The Bertz CT molecular complexity index is 561. The molecule has 0 N–H and O–H groups in total. The second-order valence-corrected chi connectivity index (χ2v) is 7.96. The molecule has 4 atom stereocenters. The molecule has 166 valence electrons. The molecular weight excluding hydrogens is 364 g/mol. The van der Waals surface area contributed by atoms with Gasteiger partial charge in [-0.1, -0.05) is 46.1 Å². The number of allylic oxidation sites excluding steroid dienone is 2. The van der Waals surface area contributed by atoms with Gasteiger partial charge in [0, 0.05) is 18.3 Å². The predicted molar refractivity (Wildman–Crippen MR) is 122 cm³/mol. The Balaban J connectivity index is 4.67. The van der Waals surface area contributed by atoms with Gasteiger partial charge in [0.2, 0.25) is 0 Å². The molecule has 0 fully saturated rings. The van der Waals surface area contributed by atoms with Crippen molar-refractivity contribution in [1.82, 2.24) is 0 Å². The summed E-state index contributed by atoms with van der Waals surface area (Å²) in [5, 5.41) is 0. The van der Waals surface area contributed by atoms with Gasteiger partial charge in [0.1, 0.15) is 12.4 Å². The number of ether oxygens (including phenoxy) is 3. The van der Waals surface area contributed by atoms with Crippen LogP contribution in [0.25, 0.3) is 0 Å². The van der Waals surface area contributed by atoms with E-state index in [9.17, 15) is 4.79 Å². The Hall–Kier alpha value is -1.81. The van der Waals surface area contributed by atoms with Crippen molar-refractivity contribution in [1.29, 1.82) is 0 Å². The van der Waals surface area contributed by atoms with Gasteiger partial charge in [-0.05, 0) is 63.4 Å². The predicted octanol–water partition coefficient (Wildman–Crippen LogP) is 6.25. The van der Waals surface area contributed by atoms with Crippen LogP contribution in [0.1, 0.15) is 60.3 Å². The van der Waals surface area contributed by atoms with Gasteiger partial charge in [0.15, 0.2) is 0 Å². The number of carbonyl (C=O) groups is 1. The molecule has 0 rings (SSSR count). The van der Waals surface area contributed by atoms with Crippen molar-refractivity contribution in [2.24, 2.45) is 17.8 Å². The van der Waals surface area contributed by atoms with E-state index in [1.807, 2.05) is 13.0 Å². The van der Waals surface area contributed by atoms with E-state index in [1.165, 1.54) is 6.42 Å². The molecule has 4 unspecified atom stereocenters. The van der Waals surface area contributed by atoms with E-state index in [4.69, 9.17) is 14.2 Å². The highest BCUT2D eigenvalue weighted by atomic mass is 16.5. The number of rotatable bonds is 16. The fourth-order valence-electron chi connectivity index (χ4n) is 3.04. The maximum Gasteiger partial charge on any atom is 0.330 e. The fourth-order valence-corrected chi connectivity index (χ4v) is 3.04. The lowest BCUT2D eigenvalue weighted by molar-refractivity contribution is -0.136. The van der Waals surface area contributed by atoms with E-state index in [0.29, 0.717) is 35.2 Å². The quantitative estimate of drug-likeness (QED) is 0.131. The van der Waals surface area contributed by atoms with Gasteiger partial charge in [0.05, 0.1) is 13.2 Å². The third kappa shape index (κ3) is 11.7. The maximum atomic E-state index is 11.4. The summed E-state index contributed by atoms with van der Waals surface area (Å²) in [6, 6.07) is 0. The van der Waals surface area contributed by atoms with Crippen LogP contribution < -0.4 is 0 Å². The monoisotopic (exact) mass is 406 g/mol. The average molecular weight is 407 g/mol. The molecule has 0 saturated heterocycles. The minimum Gasteiger partial charge on any atom is -0.497 e. The number of esters is 1. The highest BCUT2D eigenvalue weighted by Gasteiger charge is 2.16. The summed E-state index contributed by atoms with van der Waals surface area (Å²) in [6.07, 6.45) is 7.89. The molecule has 4 heteroatoms. The Labute approximate surface area is 178 Å². The van der Waals surface area contributed by atoms with Crippen LogP contribution in [-0.2, 0) is 19.0 Å². The molecular formula is C25H42O4. The zero-order valence-electron chi connectivity index (χ0n) is 19.5. The molecule has 0 bridgehead atoms. The highest BCUT2D eigenvalue weighted by molar-refractivity contribution is 5.81. The molecule has 0 radical (unpaired) electrons. The Morgan fingerprint density at radius 1 is 1.00 bits per heavy atom. The molecule has 0 aromatic heterocycles. The minimum atomic E-state index is -0.472. The molecule has 0 aromatic rings. The largest absolute Gasteiger partial charge is 0.497 e. The lowest BCUT2D eigenvalue weighted by Crippen LogP contribution is -2.14. The van der Waals surface area contributed by atoms with Crippen molar-refractivity contribution in [3.8, 4) is 0 Å². The minimum absolute atomic E-state index is 0.0920. The van der Waals surface area contributed by atoms with Gasteiger partial charge in [-0.3, -0.25) is 0 Å². The van der Waals surface area contributed by atoms with E-state index >= 15 is 0 Å². The Kier molecular flexibility index (Phi) is 14.1. The standard InChI is InChI=1S/C25H42O4/c1-10-25(26)29-17-24(23(8)27-9)16-21(6)20(5)13-12-18(3)19(4)14-15-22(7)28-11-2/h10,16,18-20,22H,1,6,8,11-15,17H2,2-5,7,9H3/b24-16-. The summed E-state index contributed by atoms with van der Waals surface area (Å²) in [5.74, 6) is 1.63. The first-order chi connectivity index (χ1) is 13.7. The van der Waals surface area contributed by atoms with Gasteiger partial charge in [-0.25, -0.2) is 4.79 Å². The van der Waals surface area contributed by atoms with Crippen LogP contribution in [0.15, 0.2) is 48.8 Å². The van der Waals surface area contributed by atoms with Crippen LogP contribution in [0.2, 0.25) is 0 Å². The molecule has 0 aliphatic carbocycles. The van der Waals surface area contributed by atoms with Crippen molar-refractivity contribution in [2.45, 2.75) is 66.4 Å². The zero-order valence-corrected chi connectivity index (χ0v) is 19.5. The van der Waals surface area contributed by atoms with E-state index in [0.717, 1.165) is 37.5 Å². The van der Waals surface area contributed by atoms with Gasteiger partial charge in [0.25, 0.3) is 0 Å². The van der Waals surface area contributed by atoms with Crippen molar-refractivity contribution < 1.29 is 19.0 Å². The van der Waals surface area contributed by atoms with Crippen molar-refractivity contribution in [3.63, 3.8) is 0 Å². The van der Waals surface area contributed by atoms with Crippen LogP contribution in [0.4, 0.5) is 0 Å². The lowest BCUT2D eigenvalue weighted by atomic mass is 9.84. The molecule has 4 nitrogen and oxygen atoms in total.